The van der Waals surface area contributed by atoms with E-state index >= 15 is 0 Å². The highest BCUT2D eigenvalue weighted by Crippen LogP contribution is 2.27. The van der Waals surface area contributed by atoms with Crippen LogP contribution in [0.1, 0.15) is 24.9 Å². The van der Waals surface area contributed by atoms with E-state index in [1.165, 1.54) is 5.56 Å². The first kappa shape index (κ1) is 11.1. The van der Waals surface area contributed by atoms with Gasteiger partial charge in [0.25, 0.3) is 0 Å². The summed E-state index contributed by atoms with van der Waals surface area (Å²) in [4.78, 5) is 11.6. The van der Waals surface area contributed by atoms with E-state index in [1.807, 2.05) is 25.1 Å². The van der Waals surface area contributed by atoms with E-state index in [-0.39, 0.29) is 17.9 Å². The molecule has 0 saturated carbocycles. The molecule has 16 heavy (non-hydrogen) atoms. The summed E-state index contributed by atoms with van der Waals surface area (Å²) in [5.41, 5.74) is 1.24. The predicted octanol–water partition coefficient (Wildman–Crippen LogP) is 1.90. The Bertz CT molecular complexity index is 350. The van der Waals surface area contributed by atoms with E-state index in [2.05, 4.69) is 17.4 Å². The molecule has 0 bridgehead atoms. The molecule has 0 amide bonds. The standard InChI is InChI=1S/C13H17NO2/c1-2-16-13(15)11-8-12(14-9-11)10-6-4-3-5-7-10/h3-7,11-12,14H,2,8-9H2,1H3/t11-,12+/m0/s1. The number of hydrogen-bond donors (Lipinski definition) is 1. The summed E-state index contributed by atoms with van der Waals surface area (Å²) in [5, 5.41) is 3.36. The maximum absolute atomic E-state index is 11.6. The number of hydrogen-bond acceptors (Lipinski definition) is 3. The number of ether oxygens (including phenoxy) is 1. The van der Waals surface area contributed by atoms with Crippen molar-refractivity contribution >= 4 is 5.97 Å². The number of nitrogens with one attached hydrogen (secondary N) is 1. The van der Waals surface area contributed by atoms with Gasteiger partial charge in [0.15, 0.2) is 0 Å². The molecule has 0 radical (unpaired) electrons. The molecule has 0 spiro atoms. The lowest BCUT2D eigenvalue weighted by atomic mass is 10.0. The maximum Gasteiger partial charge on any atom is 0.310 e. The van der Waals surface area contributed by atoms with Crippen molar-refractivity contribution in [3.8, 4) is 0 Å². The molecular weight excluding hydrogens is 202 g/mol. The molecule has 2 rings (SSSR count). The molecule has 1 aliphatic rings. The summed E-state index contributed by atoms with van der Waals surface area (Å²) < 4.78 is 5.03. The Balaban J connectivity index is 1.96. The highest BCUT2D eigenvalue weighted by atomic mass is 16.5. The number of carbonyl (C=O) groups is 1. The normalized spacial score (nSPS) is 24.3. The Morgan fingerprint density at radius 2 is 2.19 bits per heavy atom. The molecule has 1 heterocycles. The van der Waals surface area contributed by atoms with Gasteiger partial charge in [0, 0.05) is 12.6 Å². The Kier molecular flexibility index (Phi) is 3.57. The summed E-state index contributed by atoms with van der Waals surface area (Å²) in [7, 11) is 0. The zero-order valence-corrected chi connectivity index (χ0v) is 9.48. The van der Waals surface area contributed by atoms with Crippen molar-refractivity contribution in [3.05, 3.63) is 35.9 Å². The van der Waals surface area contributed by atoms with Crippen LogP contribution in [-0.2, 0) is 9.53 Å². The highest BCUT2D eigenvalue weighted by molar-refractivity contribution is 5.73. The van der Waals surface area contributed by atoms with Crippen LogP contribution in [-0.4, -0.2) is 19.1 Å². The average Bonchev–Trinajstić information content (AvgIpc) is 2.80. The second-order valence-corrected chi connectivity index (χ2v) is 4.06. The minimum Gasteiger partial charge on any atom is -0.466 e. The molecule has 0 aromatic heterocycles. The van der Waals surface area contributed by atoms with Gasteiger partial charge < -0.3 is 10.1 Å². The first-order valence-electron chi connectivity index (χ1n) is 5.76. The molecule has 2 atom stereocenters. The lowest BCUT2D eigenvalue weighted by molar-refractivity contribution is -0.147. The first-order chi connectivity index (χ1) is 7.81. The second-order valence-electron chi connectivity index (χ2n) is 4.06. The molecule has 1 N–H and O–H groups in total. The summed E-state index contributed by atoms with van der Waals surface area (Å²) in [5.74, 6) is -0.0708. The minimum atomic E-state index is -0.0755. The second kappa shape index (κ2) is 5.12. The number of rotatable bonds is 3. The minimum absolute atomic E-state index is 0.00477. The summed E-state index contributed by atoms with van der Waals surface area (Å²) in [6.45, 7) is 3.03. The van der Waals surface area contributed by atoms with Crippen LogP contribution in [0.5, 0.6) is 0 Å². The molecule has 0 aliphatic carbocycles. The van der Waals surface area contributed by atoms with E-state index in [1.54, 1.807) is 0 Å². The molecule has 1 aliphatic heterocycles. The fourth-order valence-electron chi connectivity index (χ4n) is 2.11. The van der Waals surface area contributed by atoms with Gasteiger partial charge >= 0.3 is 5.97 Å². The number of esters is 1. The molecule has 1 aromatic rings. The van der Waals surface area contributed by atoms with Gasteiger partial charge in [0.05, 0.1) is 12.5 Å². The fourth-order valence-corrected chi connectivity index (χ4v) is 2.11. The SMILES string of the molecule is CCOC(=O)[C@@H]1CN[C@@H](c2ccccc2)C1. The van der Waals surface area contributed by atoms with Crippen LogP contribution in [0.15, 0.2) is 30.3 Å². The molecule has 1 fully saturated rings. The Labute approximate surface area is 95.8 Å². The van der Waals surface area contributed by atoms with Gasteiger partial charge in [-0.3, -0.25) is 4.79 Å². The van der Waals surface area contributed by atoms with Crippen molar-refractivity contribution in [3.63, 3.8) is 0 Å². The van der Waals surface area contributed by atoms with Gasteiger partial charge in [-0.1, -0.05) is 30.3 Å². The highest BCUT2D eigenvalue weighted by Gasteiger charge is 2.30. The van der Waals surface area contributed by atoms with E-state index in [0.29, 0.717) is 6.61 Å². The maximum atomic E-state index is 11.6. The van der Waals surface area contributed by atoms with Crippen LogP contribution in [0, 0.1) is 5.92 Å². The third-order valence-corrected chi connectivity index (χ3v) is 2.95. The topological polar surface area (TPSA) is 38.3 Å². The largest absolute Gasteiger partial charge is 0.466 e. The van der Waals surface area contributed by atoms with E-state index in [4.69, 9.17) is 4.74 Å². The van der Waals surface area contributed by atoms with Crippen LogP contribution in [0.3, 0.4) is 0 Å². The van der Waals surface area contributed by atoms with Crippen molar-refractivity contribution < 1.29 is 9.53 Å². The van der Waals surface area contributed by atoms with Gasteiger partial charge in [-0.25, -0.2) is 0 Å². The van der Waals surface area contributed by atoms with Crippen LogP contribution in [0.2, 0.25) is 0 Å². The molecule has 86 valence electrons. The molecule has 0 unspecified atom stereocenters. The van der Waals surface area contributed by atoms with Crippen molar-refractivity contribution in [1.29, 1.82) is 0 Å². The van der Waals surface area contributed by atoms with Crippen LogP contribution in [0.4, 0.5) is 0 Å². The summed E-state index contributed by atoms with van der Waals surface area (Å²) >= 11 is 0. The monoisotopic (exact) mass is 219 g/mol. The smallest absolute Gasteiger partial charge is 0.310 e. The zero-order chi connectivity index (χ0) is 11.4. The number of carbonyl (C=O) groups excluding carboxylic acids is 1. The van der Waals surface area contributed by atoms with Crippen molar-refractivity contribution in [1.82, 2.24) is 5.32 Å². The lowest BCUT2D eigenvalue weighted by Crippen LogP contribution is -2.20. The van der Waals surface area contributed by atoms with Crippen molar-refractivity contribution in [2.75, 3.05) is 13.2 Å². The molecular formula is C13H17NO2. The molecule has 1 saturated heterocycles. The Hall–Kier alpha value is -1.35. The summed E-state index contributed by atoms with van der Waals surface area (Å²) in [6, 6.07) is 10.5. The van der Waals surface area contributed by atoms with Gasteiger partial charge in [-0.15, -0.1) is 0 Å². The first-order valence-corrected chi connectivity index (χ1v) is 5.76. The van der Waals surface area contributed by atoms with Gasteiger partial charge in [-0.2, -0.15) is 0 Å². The Morgan fingerprint density at radius 1 is 1.44 bits per heavy atom. The lowest BCUT2D eigenvalue weighted by Gasteiger charge is -2.10. The van der Waals surface area contributed by atoms with E-state index in [9.17, 15) is 4.79 Å². The van der Waals surface area contributed by atoms with Gasteiger partial charge in [-0.05, 0) is 18.9 Å². The van der Waals surface area contributed by atoms with Gasteiger partial charge in [0.1, 0.15) is 0 Å². The third-order valence-electron chi connectivity index (χ3n) is 2.95. The van der Waals surface area contributed by atoms with Gasteiger partial charge in [0.2, 0.25) is 0 Å². The quantitative estimate of drug-likeness (QED) is 0.789. The molecule has 3 nitrogen and oxygen atoms in total. The molecule has 1 aromatic carbocycles. The van der Waals surface area contributed by atoms with Crippen molar-refractivity contribution in [2.24, 2.45) is 5.92 Å². The molecule has 3 heteroatoms. The zero-order valence-electron chi connectivity index (χ0n) is 9.48. The Morgan fingerprint density at radius 3 is 2.88 bits per heavy atom. The van der Waals surface area contributed by atoms with Crippen molar-refractivity contribution in [2.45, 2.75) is 19.4 Å². The van der Waals surface area contributed by atoms with E-state index < -0.39 is 0 Å². The van der Waals surface area contributed by atoms with Crippen LogP contribution >= 0.6 is 0 Å². The van der Waals surface area contributed by atoms with E-state index in [0.717, 1.165) is 13.0 Å². The predicted molar refractivity (Wildman–Crippen MR) is 61.9 cm³/mol. The van der Waals surface area contributed by atoms with Crippen LogP contribution in [0.25, 0.3) is 0 Å². The fraction of sp³-hybridized carbons (Fsp3) is 0.462. The summed E-state index contributed by atoms with van der Waals surface area (Å²) in [6.07, 6.45) is 0.836. The number of benzene rings is 1. The average molecular weight is 219 g/mol. The third kappa shape index (κ3) is 2.42. The van der Waals surface area contributed by atoms with Crippen LogP contribution < -0.4 is 5.32 Å².